The van der Waals surface area contributed by atoms with E-state index < -0.39 is 0 Å². The fourth-order valence-electron chi connectivity index (χ4n) is 1.36. The zero-order valence-electron chi connectivity index (χ0n) is 7.17. The largest absolute Gasteiger partial charge is 0.506 e. The number of hydrogen-bond donors (Lipinski definition) is 1. The first-order valence-corrected chi connectivity index (χ1v) is 5.98. The molecular formula is C10H9BrOS. The van der Waals surface area contributed by atoms with Crippen molar-refractivity contribution < 1.29 is 5.11 Å². The number of halogens is 1. The van der Waals surface area contributed by atoms with Gasteiger partial charge in [-0.3, -0.25) is 0 Å². The number of fused-ring (bicyclic) bond motifs is 1. The molecule has 1 heterocycles. The van der Waals surface area contributed by atoms with E-state index in [1.165, 1.54) is 5.56 Å². The van der Waals surface area contributed by atoms with Crippen LogP contribution in [-0.4, -0.2) is 5.11 Å². The van der Waals surface area contributed by atoms with Crippen molar-refractivity contribution in [2.24, 2.45) is 0 Å². The number of alkyl halides is 1. The Hall–Kier alpha value is -0.540. The molecule has 0 atom stereocenters. The molecule has 2 aromatic rings. The lowest BCUT2D eigenvalue weighted by Gasteiger charge is -2.01. The van der Waals surface area contributed by atoms with Crippen LogP contribution in [0, 0.1) is 6.92 Å². The SMILES string of the molecule is Cc1csc2c(O)c(CBr)ccc12. The van der Waals surface area contributed by atoms with Crippen LogP contribution in [0.3, 0.4) is 0 Å². The molecule has 0 fully saturated rings. The number of thiophene rings is 1. The lowest BCUT2D eigenvalue weighted by Crippen LogP contribution is -1.78. The molecule has 0 aliphatic heterocycles. The van der Waals surface area contributed by atoms with Crippen molar-refractivity contribution in [3.05, 3.63) is 28.6 Å². The number of rotatable bonds is 1. The van der Waals surface area contributed by atoms with Gasteiger partial charge in [-0.2, -0.15) is 0 Å². The van der Waals surface area contributed by atoms with Gasteiger partial charge in [0.15, 0.2) is 0 Å². The van der Waals surface area contributed by atoms with Crippen LogP contribution in [0.25, 0.3) is 10.1 Å². The number of aromatic hydroxyl groups is 1. The predicted octanol–water partition coefficient (Wildman–Crippen LogP) is 3.81. The highest BCUT2D eigenvalue weighted by molar-refractivity contribution is 9.08. The van der Waals surface area contributed by atoms with E-state index in [-0.39, 0.29) is 0 Å². The zero-order valence-corrected chi connectivity index (χ0v) is 9.58. The van der Waals surface area contributed by atoms with Crippen LogP contribution in [-0.2, 0) is 5.33 Å². The molecule has 1 N–H and O–H groups in total. The monoisotopic (exact) mass is 256 g/mol. The molecule has 0 radical (unpaired) electrons. The van der Waals surface area contributed by atoms with E-state index in [1.54, 1.807) is 11.3 Å². The lowest BCUT2D eigenvalue weighted by atomic mass is 10.1. The van der Waals surface area contributed by atoms with Crippen molar-refractivity contribution >= 4 is 37.4 Å². The van der Waals surface area contributed by atoms with Crippen molar-refractivity contribution in [3.63, 3.8) is 0 Å². The quantitative estimate of drug-likeness (QED) is 0.770. The van der Waals surface area contributed by atoms with Crippen LogP contribution in [0.1, 0.15) is 11.1 Å². The third kappa shape index (κ3) is 1.36. The molecule has 2 rings (SSSR count). The third-order valence-electron chi connectivity index (χ3n) is 2.14. The molecule has 0 spiro atoms. The van der Waals surface area contributed by atoms with Crippen molar-refractivity contribution in [1.29, 1.82) is 0 Å². The molecule has 0 bridgehead atoms. The average molecular weight is 257 g/mol. The maximum Gasteiger partial charge on any atom is 0.137 e. The van der Waals surface area contributed by atoms with Crippen molar-refractivity contribution in [3.8, 4) is 5.75 Å². The minimum absolute atomic E-state index is 0.424. The molecule has 1 aromatic heterocycles. The zero-order chi connectivity index (χ0) is 9.42. The predicted molar refractivity (Wildman–Crippen MR) is 60.9 cm³/mol. The van der Waals surface area contributed by atoms with Gasteiger partial charge in [0.1, 0.15) is 5.75 Å². The fourth-order valence-corrected chi connectivity index (χ4v) is 2.83. The van der Waals surface area contributed by atoms with Gasteiger partial charge in [-0.15, -0.1) is 11.3 Å². The summed E-state index contributed by atoms with van der Waals surface area (Å²) in [6, 6.07) is 4.03. The summed E-state index contributed by atoms with van der Waals surface area (Å²) in [5, 5.41) is 13.8. The Balaban J connectivity index is 2.80. The van der Waals surface area contributed by atoms with Gasteiger partial charge < -0.3 is 5.11 Å². The third-order valence-corrected chi connectivity index (χ3v) is 3.86. The number of hydrogen-bond acceptors (Lipinski definition) is 2. The Bertz CT molecular complexity index is 447. The fraction of sp³-hybridized carbons (Fsp3) is 0.200. The first-order chi connectivity index (χ1) is 6.24. The van der Waals surface area contributed by atoms with Gasteiger partial charge in [-0.1, -0.05) is 28.1 Å². The molecule has 0 unspecified atom stereocenters. The lowest BCUT2D eigenvalue weighted by molar-refractivity contribution is 0.478. The summed E-state index contributed by atoms with van der Waals surface area (Å²) in [5.74, 6) is 0.424. The van der Waals surface area contributed by atoms with Crippen LogP contribution in [0.2, 0.25) is 0 Å². The summed E-state index contributed by atoms with van der Waals surface area (Å²) < 4.78 is 0.995. The minimum Gasteiger partial charge on any atom is -0.506 e. The molecule has 1 aromatic carbocycles. The standard InChI is InChI=1S/C10H9BrOS/c1-6-5-13-10-8(6)3-2-7(4-11)9(10)12/h2-3,5,12H,4H2,1H3. The molecule has 68 valence electrons. The van der Waals surface area contributed by atoms with Crippen molar-refractivity contribution in [2.45, 2.75) is 12.3 Å². The second-order valence-electron chi connectivity index (χ2n) is 3.00. The van der Waals surface area contributed by atoms with Crippen LogP contribution in [0.15, 0.2) is 17.5 Å². The van der Waals surface area contributed by atoms with E-state index in [9.17, 15) is 5.11 Å². The number of benzene rings is 1. The first kappa shape index (κ1) is 9.03. The molecular weight excluding hydrogens is 248 g/mol. The molecule has 0 saturated heterocycles. The van der Waals surface area contributed by atoms with Gasteiger partial charge in [0, 0.05) is 10.9 Å². The Kier molecular flexibility index (Phi) is 2.30. The Morgan fingerprint density at radius 2 is 2.23 bits per heavy atom. The summed E-state index contributed by atoms with van der Waals surface area (Å²) >= 11 is 4.94. The highest BCUT2D eigenvalue weighted by Crippen LogP contribution is 2.36. The number of phenolic OH excluding ortho intramolecular Hbond substituents is 1. The number of aryl methyl sites for hydroxylation is 1. The maximum atomic E-state index is 9.84. The molecule has 1 nitrogen and oxygen atoms in total. The average Bonchev–Trinajstić information content (AvgIpc) is 2.50. The summed E-state index contributed by atoms with van der Waals surface area (Å²) in [5.41, 5.74) is 2.19. The van der Waals surface area contributed by atoms with Crippen LogP contribution in [0.5, 0.6) is 5.75 Å². The van der Waals surface area contributed by atoms with Gasteiger partial charge in [-0.25, -0.2) is 0 Å². The smallest absolute Gasteiger partial charge is 0.137 e. The van der Waals surface area contributed by atoms with Gasteiger partial charge in [0.2, 0.25) is 0 Å². The second kappa shape index (κ2) is 3.31. The Morgan fingerprint density at radius 3 is 2.92 bits per heavy atom. The molecule has 3 heteroatoms. The summed E-state index contributed by atoms with van der Waals surface area (Å²) in [6.07, 6.45) is 0. The highest BCUT2D eigenvalue weighted by Gasteiger charge is 2.08. The molecule has 0 aliphatic rings. The molecule has 0 amide bonds. The Morgan fingerprint density at radius 1 is 1.46 bits per heavy atom. The normalized spacial score (nSPS) is 10.9. The summed E-state index contributed by atoms with van der Waals surface area (Å²) in [6.45, 7) is 2.06. The van der Waals surface area contributed by atoms with Crippen LogP contribution < -0.4 is 0 Å². The van der Waals surface area contributed by atoms with Gasteiger partial charge in [0.25, 0.3) is 0 Å². The van der Waals surface area contributed by atoms with Gasteiger partial charge in [-0.05, 0) is 23.3 Å². The Labute approximate surface area is 89.1 Å². The highest BCUT2D eigenvalue weighted by atomic mass is 79.9. The van der Waals surface area contributed by atoms with Crippen molar-refractivity contribution in [1.82, 2.24) is 0 Å². The maximum absolute atomic E-state index is 9.84. The topological polar surface area (TPSA) is 20.2 Å². The van der Waals surface area contributed by atoms with Crippen LogP contribution in [0.4, 0.5) is 0 Å². The van der Waals surface area contributed by atoms with E-state index in [1.807, 2.05) is 6.07 Å². The minimum atomic E-state index is 0.424. The van der Waals surface area contributed by atoms with E-state index in [0.717, 1.165) is 15.6 Å². The van der Waals surface area contributed by atoms with E-state index >= 15 is 0 Å². The second-order valence-corrected chi connectivity index (χ2v) is 4.44. The van der Waals surface area contributed by atoms with Crippen molar-refractivity contribution in [2.75, 3.05) is 0 Å². The molecule has 13 heavy (non-hydrogen) atoms. The van der Waals surface area contributed by atoms with Crippen LogP contribution >= 0.6 is 27.3 Å². The molecule has 0 saturated carbocycles. The summed E-state index contributed by atoms with van der Waals surface area (Å²) in [7, 11) is 0. The van der Waals surface area contributed by atoms with Gasteiger partial charge >= 0.3 is 0 Å². The van der Waals surface area contributed by atoms with E-state index in [0.29, 0.717) is 11.1 Å². The van der Waals surface area contributed by atoms with Gasteiger partial charge in [0.05, 0.1) is 4.70 Å². The van der Waals surface area contributed by atoms with E-state index in [2.05, 4.69) is 34.3 Å². The molecule has 0 aliphatic carbocycles. The number of phenols is 1. The summed E-state index contributed by atoms with van der Waals surface area (Å²) in [4.78, 5) is 0. The van der Waals surface area contributed by atoms with E-state index in [4.69, 9.17) is 0 Å². The first-order valence-electron chi connectivity index (χ1n) is 3.98.